The number of hydrogen-bond donors (Lipinski definition) is 0. The predicted octanol–water partition coefficient (Wildman–Crippen LogP) is 5.66. The third kappa shape index (κ3) is 5.37. The number of benzene rings is 3. The molecule has 10 heteroatoms. The first-order valence-corrected chi connectivity index (χ1v) is 13.0. The van der Waals surface area contributed by atoms with Gasteiger partial charge in [-0.05, 0) is 65.7 Å². The van der Waals surface area contributed by atoms with Gasteiger partial charge in [-0.3, -0.25) is 14.5 Å². The van der Waals surface area contributed by atoms with Crippen molar-refractivity contribution in [3.05, 3.63) is 93.3 Å². The molecule has 0 atom stereocenters. The second-order valence-electron chi connectivity index (χ2n) is 7.58. The molecule has 1 aliphatic rings. The summed E-state index contributed by atoms with van der Waals surface area (Å²) >= 11 is 7.16. The highest BCUT2D eigenvalue weighted by Crippen LogP contribution is 2.40. The molecule has 0 aliphatic carbocycles. The topological polar surface area (TPSA) is 90.0 Å². The molecule has 7 nitrogen and oxygen atoms in total. The third-order valence-electron chi connectivity index (χ3n) is 5.24. The normalized spacial score (nSPS) is 15.1. The minimum Gasteiger partial charge on any atom is -0.493 e. The van der Waals surface area contributed by atoms with Crippen molar-refractivity contribution in [3.8, 4) is 11.5 Å². The number of thioether (sulfide) groups is 1. The Morgan fingerprint density at radius 1 is 1.03 bits per heavy atom. The summed E-state index contributed by atoms with van der Waals surface area (Å²) in [6.45, 7) is 2.09. The lowest BCUT2D eigenvalue weighted by Gasteiger charge is -2.14. The summed E-state index contributed by atoms with van der Waals surface area (Å²) in [4.78, 5) is 26.8. The van der Waals surface area contributed by atoms with E-state index in [0.29, 0.717) is 5.56 Å². The van der Waals surface area contributed by atoms with Gasteiger partial charge in [0.1, 0.15) is 4.90 Å². The largest absolute Gasteiger partial charge is 0.493 e. The Kier molecular flexibility index (Phi) is 7.20. The summed E-state index contributed by atoms with van der Waals surface area (Å²) < 4.78 is 35.8. The van der Waals surface area contributed by atoms with Gasteiger partial charge in [0.2, 0.25) is 5.75 Å². The number of aryl methyl sites for hydroxylation is 1. The summed E-state index contributed by atoms with van der Waals surface area (Å²) in [5.41, 5.74) is 2.30. The lowest BCUT2D eigenvalue weighted by atomic mass is 10.1. The van der Waals surface area contributed by atoms with Crippen molar-refractivity contribution >= 4 is 50.7 Å². The van der Waals surface area contributed by atoms with Gasteiger partial charge in [0.25, 0.3) is 11.1 Å². The van der Waals surface area contributed by atoms with Crippen LogP contribution < -0.4 is 8.92 Å². The number of carbonyl (C=O) groups excluding carboxylic acids is 2. The lowest BCUT2D eigenvalue weighted by Crippen LogP contribution is -2.27. The van der Waals surface area contributed by atoms with Crippen LogP contribution in [0.5, 0.6) is 11.5 Å². The summed E-state index contributed by atoms with van der Waals surface area (Å²) in [5, 5.41) is -0.411. The molecular formula is C25H20ClNO6S2. The monoisotopic (exact) mass is 529 g/mol. The van der Waals surface area contributed by atoms with Crippen LogP contribution in [0.3, 0.4) is 0 Å². The van der Waals surface area contributed by atoms with E-state index in [2.05, 4.69) is 0 Å². The van der Waals surface area contributed by atoms with Crippen molar-refractivity contribution in [2.45, 2.75) is 18.4 Å². The first-order valence-electron chi connectivity index (χ1n) is 10.4. The highest BCUT2D eigenvalue weighted by atomic mass is 35.5. The van der Waals surface area contributed by atoms with Crippen LogP contribution in [0.25, 0.3) is 6.08 Å². The Morgan fingerprint density at radius 2 is 1.71 bits per heavy atom. The fraction of sp³-hybridized carbons (Fsp3) is 0.120. The summed E-state index contributed by atoms with van der Waals surface area (Å²) in [6.07, 6.45) is 1.51. The number of carbonyl (C=O) groups is 2. The van der Waals surface area contributed by atoms with E-state index < -0.39 is 16.0 Å². The summed E-state index contributed by atoms with van der Waals surface area (Å²) in [5.74, 6) is -0.546. The van der Waals surface area contributed by atoms with Gasteiger partial charge in [-0.2, -0.15) is 8.42 Å². The zero-order valence-electron chi connectivity index (χ0n) is 18.7. The van der Waals surface area contributed by atoms with Crippen LogP contribution in [0.15, 0.2) is 76.5 Å². The van der Waals surface area contributed by atoms with Gasteiger partial charge in [-0.25, -0.2) is 0 Å². The molecular weight excluding hydrogens is 510 g/mol. The second-order valence-corrected chi connectivity index (χ2v) is 10.5. The van der Waals surface area contributed by atoms with Crippen molar-refractivity contribution in [1.29, 1.82) is 0 Å². The molecule has 0 saturated carbocycles. The smallest absolute Gasteiger partial charge is 0.339 e. The van der Waals surface area contributed by atoms with Gasteiger partial charge in [0, 0.05) is 0 Å². The molecule has 2 amide bonds. The van der Waals surface area contributed by atoms with Crippen molar-refractivity contribution in [1.82, 2.24) is 4.90 Å². The van der Waals surface area contributed by atoms with Gasteiger partial charge in [-0.15, -0.1) is 0 Å². The average Bonchev–Trinajstić information content (AvgIpc) is 3.09. The molecule has 0 N–H and O–H groups in total. The van der Waals surface area contributed by atoms with Crippen LogP contribution in [-0.4, -0.2) is 31.6 Å². The Balaban J connectivity index is 1.61. The molecule has 1 heterocycles. The highest BCUT2D eigenvalue weighted by Gasteiger charge is 2.35. The fourth-order valence-corrected chi connectivity index (χ4v) is 5.51. The van der Waals surface area contributed by atoms with Crippen LogP contribution in [0.1, 0.15) is 16.7 Å². The molecule has 0 spiro atoms. The Labute approximate surface area is 212 Å². The number of halogens is 1. The minimum absolute atomic E-state index is 0.0331. The first-order chi connectivity index (χ1) is 16.7. The van der Waals surface area contributed by atoms with E-state index in [0.717, 1.165) is 22.9 Å². The molecule has 0 radical (unpaired) electrons. The van der Waals surface area contributed by atoms with Crippen molar-refractivity contribution in [2.24, 2.45) is 0 Å². The van der Waals surface area contributed by atoms with Gasteiger partial charge < -0.3 is 8.92 Å². The molecule has 0 aromatic heterocycles. The zero-order valence-corrected chi connectivity index (χ0v) is 21.1. The van der Waals surface area contributed by atoms with E-state index in [9.17, 15) is 18.0 Å². The maximum atomic E-state index is 12.9. The maximum absolute atomic E-state index is 12.9. The predicted molar refractivity (Wildman–Crippen MR) is 135 cm³/mol. The fourth-order valence-electron chi connectivity index (χ4n) is 3.39. The maximum Gasteiger partial charge on any atom is 0.339 e. The number of imide groups is 1. The number of nitrogens with zero attached hydrogens (tertiary/aromatic N) is 1. The molecule has 3 aromatic rings. The number of methoxy groups -OCH3 is 1. The SMILES string of the molecule is COc1cc(/C=C2\SC(=O)N(Cc3ccccc3C)C2=O)cc(Cl)c1OS(=O)(=O)c1ccccc1. The number of amides is 2. The van der Waals surface area contributed by atoms with E-state index in [1.807, 2.05) is 31.2 Å². The average molecular weight is 530 g/mol. The molecule has 35 heavy (non-hydrogen) atoms. The quantitative estimate of drug-likeness (QED) is 0.288. The lowest BCUT2D eigenvalue weighted by molar-refractivity contribution is -0.123. The molecule has 0 unspecified atom stereocenters. The van der Waals surface area contributed by atoms with Gasteiger partial charge in [0.05, 0.1) is 23.6 Å². The Morgan fingerprint density at radius 3 is 2.40 bits per heavy atom. The van der Waals surface area contributed by atoms with Crippen LogP contribution in [0, 0.1) is 6.92 Å². The third-order valence-corrected chi connectivity index (χ3v) is 7.66. The van der Waals surface area contributed by atoms with Crippen molar-refractivity contribution in [3.63, 3.8) is 0 Å². The van der Waals surface area contributed by atoms with E-state index >= 15 is 0 Å². The standard InChI is InChI=1S/C25H20ClNO6S2/c1-16-8-6-7-9-18(16)15-27-24(28)22(34-25(27)29)14-17-12-20(26)23(21(13-17)32-2)33-35(30,31)19-10-4-3-5-11-19/h3-14H,15H2,1-2H3/b22-14-. The van der Waals surface area contributed by atoms with Crippen LogP contribution in [0.4, 0.5) is 4.79 Å². The molecule has 180 valence electrons. The van der Waals surface area contributed by atoms with Gasteiger partial charge in [-0.1, -0.05) is 54.1 Å². The summed E-state index contributed by atoms with van der Waals surface area (Å²) in [6, 6.07) is 18.1. The highest BCUT2D eigenvalue weighted by molar-refractivity contribution is 8.18. The Bertz CT molecular complexity index is 1440. The molecule has 0 bridgehead atoms. The first kappa shape index (κ1) is 24.8. The number of ether oxygens (including phenoxy) is 1. The number of hydrogen-bond acceptors (Lipinski definition) is 7. The van der Waals surface area contributed by atoms with E-state index in [1.165, 1.54) is 42.4 Å². The van der Waals surface area contributed by atoms with Crippen LogP contribution in [-0.2, 0) is 21.5 Å². The van der Waals surface area contributed by atoms with Crippen molar-refractivity contribution < 1.29 is 26.9 Å². The van der Waals surface area contributed by atoms with E-state index in [1.54, 1.807) is 18.2 Å². The van der Waals surface area contributed by atoms with Gasteiger partial charge >= 0.3 is 10.1 Å². The molecule has 3 aromatic carbocycles. The number of rotatable bonds is 7. The van der Waals surface area contributed by atoms with Crippen molar-refractivity contribution in [2.75, 3.05) is 7.11 Å². The molecule has 1 aliphatic heterocycles. The van der Waals surface area contributed by atoms with Crippen LogP contribution >= 0.6 is 23.4 Å². The molecule has 1 saturated heterocycles. The molecule has 1 fully saturated rings. The Hall–Kier alpha value is -3.27. The van der Waals surface area contributed by atoms with E-state index in [4.69, 9.17) is 20.5 Å². The minimum atomic E-state index is -4.15. The van der Waals surface area contributed by atoms with Gasteiger partial charge in [0.15, 0.2) is 5.75 Å². The van der Waals surface area contributed by atoms with Crippen LogP contribution in [0.2, 0.25) is 5.02 Å². The second kappa shape index (κ2) is 10.2. The summed E-state index contributed by atoms with van der Waals surface area (Å²) in [7, 11) is -2.81. The molecule has 4 rings (SSSR count). The van der Waals surface area contributed by atoms with E-state index in [-0.39, 0.29) is 38.1 Å². The zero-order chi connectivity index (χ0) is 25.2.